The molecule has 0 rings (SSSR count). The molecule has 1 atom stereocenters. The van der Waals surface area contributed by atoms with Gasteiger partial charge in [-0.3, -0.25) is 18.0 Å². The second-order valence-corrected chi connectivity index (χ2v) is 2.97. The molecule has 0 aromatic carbocycles. The Morgan fingerprint density at radius 2 is 1.64 bits per heavy atom. The molecule has 0 amide bonds. The normalized spacial score (nSPS) is 13.1. The first-order chi connectivity index (χ1) is 6.02. The molecule has 0 aliphatic heterocycles. The second-order valence-electron chi connectivity index (χ2n) is 2.97. The van der Waals surface area contributed by atoms with Crippen molar-refractivity contribution in [2.75, 3.05) is 20.0 Å². The van der Waals surface area contributed by atoms with Crippen LogP contribution in [0, 0.1) is 5.41 Å². The SMILES string of the molecule is Cl.NC(CC(=O)O)C(CF)(CF)CF. The fourth-order valence-electron chi connectivity index (χ4n) is 0.809. The van der Waals surface area contributed by atoms with Crippen LogP contribution in [0.25, 0.3) is 0 Å². The van der Waals surface area contributed by atoms with Gasteiger partial charge < -0.3 is 10.8 Å². The number of alkyl halides is 3. The van der Waals surface area contributed by atoms with Gasteiger partial charge in [-0.1, -0.05) is 0 Å². The average Bonchev–Trinajstić information content (AvgIpc) is 2.07. The third-order valence-corrected chi connectivity index (χ3v) is 1.98. The first-order valence-corrected chi connectivity index (χ1v) is 3.67. The number of hydrogen-bond acceptors (Lipinski definition) is 2. The summed E-state index contributed by atoms with van der Waals surface area (Å²) in [4.78, 5) is 10.2. The molecular formula is C7H13ClF3NO2. The monoisotopic (exact) mass is 235 g/mol. The van der Waals surface area contributed by atoms with Crippen LogP contribution in [0.3, 0.4) is 0 Å². The van der Waals surface area contributed by atoms with E-state index in [1.165, 1.54) is 0 Å². The number of carboxylic acid groups (broad SMARTS) is 1. The van der Waals surface area contributed by atoms with Gasteiger partial charge in [-0.05, 0) is 0 Å². The van der Waals surface area contributed by atoms with Crippen molar-refractivity contribution in [3.63, 3.8) is 0 Å². The minimum Gasteiger partial charge on any atom is -0.481 e. The fraction of sp³-hybridized carbons (Fsp3) is 0.857. The lowest BCUT2D eigenvalue weighted by molar-refractivity contribution is -0.138. The highest BCUT2D eigenvalue weighted by Crippen LogP contribution is 2.25. The van der Waals surface area contributed by atoms with Crippen LogP contribution in [0.2, 0.25) is 0 Å². The molecule has 86 valence electrons. The van der Waals surface area contributed by atoms with Crippen LogP contribution >= 0.6 is 12.4 Å². The van der Waals surface area contributed by atoms with Crippen molar-refractivity contribution >= 4 is 18.4 Å². The predicted octanol–water partition coefficient (Wildman–Crippen LogP) is 1.11. The maximum atomic E-state index is 12.3. The van der Waals surface area contributed by atoms with E-state index in [0.29, 0.717) is 0 Å². The van der Waals surface area contributed by atoms with Crippen LogP contribution in [0.15, 0.2) is 0 Å². The summed E-state index contributed by atoms with van der Waals surface area (Å²) in [7, 11) is 0. The summed E-state index contributed by atoms with van der Waals surface area (Å²) < 4.78 is 36.8. The Morgan fingerprint density at radius 1 is 1.29 bits per heavy atom. The summed E-state index contributed by atoms with van der Waals surface area (Å²) in [6.07, 6.45) is -0.641. The molecule has 0 aliphatic rings. The molecule has 0 saturated heterocycles. The molecule has 14 heavy (non-hydrogen) atoms. The van der Waals surface area contributed by atoms with Gasteiger partial charge in [-0.2, -0.15) is 0 Å². The van der Waals surface area contributed by atoms with E-state index in [4.69, 9.17) is 10.8 Å². The summed E-state index contributed by atoms with van der Waals surface area (Å²) in [5.41, 5.74) is 3.20. The molecule has 0 spiro atoms. The van der Waals surface area contributed by atoms with E-state index >= 15 is 0 Å². The summed E-state index contributed by atoms with van der Waals surface area (Å²) in [6, 6.07) is -1.34. The van der Waals surface area contributed by atoms with E-state index in [-0.39, 0.29) is 12.4 Å². The van der Waals surface area contributed by atoms with Gasteiger partial charge >= 0.3 is 5.97 Å². The van der Waals surface area contributed by atoms with Gasteiger partial charge in [-0.25, -0.2) is 0 Å². The molecule has 7 heteroatoms. The molecule has 0 radical (unpaired) electrons. The zero-order chi connectivity index (χ0) is 10.5. The van der Waals surface area contributed by atoms with Crippen molar-refractivity contribution < 1.29 is 23.1 Å². The Labute approximate surface area is 85.9 Å². The zero-order valence-electron chi connectivity index (χ0n) is 7.38. The summed E-state index contributed by atoms with van der Waals surface area (Å²) in [5.74, 6) is -1.30. The van der Waals surface area contributed by atoms with Crippen molar-refractivity contribution in [2.24, 2.45) is 11.1 Å². The van der Waals surface area contributed by atoms with E-state index in [9.17, 15) is 18.0 Å². The number of halogens is 4. The lowest BCUT2D eigenvalue weighted by atomic mass is 9.83. The molecule has 0 aromatic rings. The third-order valence-electron chi connectivity index (χ3n) is 1.98. The van der Waals surface area contributed by atoms with E-state index in [1.807, 2.05) is 0 Å². The first kappa shape index (κ1) is 16.0. The van der Waals surface area contributed by atoms with Crippen LogP contribution in [-0.2, 0) is 4.79 Å². The van der Waals surface area contributed by atoms with Crippen molar-refractivity contribution in [3.8, 4) is 0 Å². The van der Waals surface area contributed by atoms with Gasteiger partial charge in [0.15, 0.2) is 0 Å². The Morgan fingerprint density at radius 3 is 1.86 bits per heavy atom. The molecule has 0 heterocycles. The molecule has 0 aromatic heterocycles. The van der Waals surface area contributed by atoms with Crippen molar-refractivity contribution in [1.82, 2.24) is 0 Å². The standard InChI is InChI=1S/C7H12F3NO2.ClH/c8-2-7(3-9,4-10)5(11)1-6(12)13;/h5H,1-4,11H2,(H,12,13);1H. The maximum absolute atomic E-state index is 12.3. The Kier molecular flexibility index (Phi) is 7.85. The lowest BCUT2D eigenvalue weighted by Gasteiger charge is -2.29. The highest BCUT2D eigenvalue weighted by molar-refractivity contribution is 5.85. The molecule has 0 saturated carbocycles. The van der Waals surface area contributed by atoms with Crippen LogP contribution in [0.5, 0.6) is 0 Å². The largest absolute Gasteiger partial charge is 0.481 e. The number of carboxylic acids is 1. The summed E-state index contributed by atoms with van der Waals surface area (Å²) in [6.45, 7) is -3.89. The van der Waals surface area contributed by atoms with E-state index < -0.39 is 43.9 Å². The van der Waals surface area contributed by atoms with Gasteiger partial charge in [0, 0.05) is 6.04 Å². The quantitative estimate of drug-likeness (QED) is 0.725. The number of rotatable bonds is 6. The highest BCUT2D eigenvalue weighted by atomic mass is 35.5. The molecule has 3 nitrogen and oxygen atoms in total. The molecule has 3 N–H and O–H groups in total. The number of aliphatic carboxylic acids is 1. The molecule has 0 aliphatic carbocycles. The van der Waals surface area contributed by atoms with Gasteiger partial charge in [0.2, 0.25) is 0 Å². The predicted molar refractivity (Wildman–Crippen MR) is 47.8 cm³/mol. The Hall–Kier alpha value is -0.490. The molecular weight excluding hydrogens is 223 g/mol. The Bertz CT molecular complexity index is 170. The minimum atomic E-state index is -1.99. The summed E-state index contributed by atoms with van der Waals surface area (Å²) in [5, 5.41) is 8.29. The average molecular weight is 236 g/mol. The van der Waals surface area contributed by atoms with Gasteiger partial charge in [0.25, 0.3) is 0 Å². The highest BCUT2D eigenvalue weighted by Gasteiger charge is 2.38. The molecule has 0 bridgehead atoms. The van der Waals surface area contributed by atoms with Crippen LogP contribution in [0.1, 0.15) is 6.42 Å². The topological polar surface area (TPSA) is 63.3 Å². The number of nitrogens with two attached hydrogens (primary N) is 1. The van der Waals surface area contributed by atoms with Gasteiger partial charge in [-0.15, -0.1) is 12.4 Å². The van der Waals surface area contributed by atoms with E-state index in [0.717, 1.165) is 0 Å². The molecule has 1 unspecified atom stereocenters. The van der Waals surface area contributed by atoms with Crippen molar-refractivity contribution in [1.29, 1.82) is 0 Å². The van der Waals surface area contributed by atoms with Gasteiger partial charge in [0.05, 0.1) is 11.8 Å². The first-order valence-electron chi connectivity index (χ1n) is 3.67. The fourth-order valence-corrected chi connectivity index (χ4v) is 0.809. The molecule has 0 fully saturated rings. The minimum absolute atomic E-state index is 0. The van der Waals surface area contributed by atoms with Crippen LogP contribution < -0.4 is 5.73 Å². The third kappa shape index (κ3) is 3.71. The van der Waals surface area contributed by atoms with Crippen molar-refractivity contribution in [3.05, 3.63) is 0 Å². The summed E-state index contributed by atoms with van der Waals surface area (Å²) >= 11 is 0. The Balaban J connectivity index is 0. The number of carbonyl (C=O) groups is 1. The number of hydrogen-bond donors (Lipinski definition) is 2. The van der Waals surface area contributed by atoms with Crippen molar-refractivity contribution in [2.45, 2.75) is 12.5 Å². The van der Waals surface area contributed by atoms with E-state index in [1.54, 1.807) is 0 Å². The zero-order valence-corrected chi connectivity index (χ0v) is 8.20. The van der Waals surface area contributed by atoms with Crippen LogP contribution in [-0.4, -0.2) is 37.1 Å². The van der Waals surface area contributed by atoms with Crippen LogP contribution in [0.4, 0.5) is 13.2 Å². The smallest absolute Gasteiger partial charge is 0.304 e. The van der Waals surface area contributed by atoms with Gasteiger partial charge in [0.1, 0.15) is 20.0 Å². The van der Waals surface area contributed by atoms with E-state index in [2.05, 4.69) is 0 Å². The maximum Gasteiger partial charge on any atom is 0.304 e. The second kappa shape index (κ2) is 6.89. The lowest BCUT2D eigenvalue weighted by Crippen LogP contribution is -2.48.